The summed E-state index contributed by atoms with van der Waals surface area (Å²) in [4.78, 5) is 26.3. The molecule has 1 aliphatic heterocycles. The third kappa shape index (κ3) is 4.97. The number of esters is 1. The van der Waals surface area contributed by atoms with Crippen LogP contribution in [0.1, 0.15) is 73.1 Å². The number of ether oxygens (including phenoxy) is 1. The summed E-state index contributed by atoms with van der Waals surface area (Å²) in [6, 6.07) is 0. The van der Waals surface area contributed by atoms with Gasteiger partial charge in [-0.05, 0) is 49.9 Å². The van der Waals surface area contributed by atoms with E-state index in [9.17, 15) is 9.59 Å². The topological polar surface area (TPSA) is 46.6 Å². The maximum atomic E-state index is 12.4. The van der Waals surface area contributed by atoms with Crippen LogP contribution in [-0.2, 0) is 14.3 Å². The molecule has 0 aromatic heterocycles. The number of nitrogens with zero attached hydrogens (tertiary/aromatic N) is 1. The van der Waals surface area contributed by atoms with Crippen molar-refractivity contribution < 1.29 is 14.3 Å². The number of carbonyl (C=O) groups excluding carboxylic acids is 2. The Labute approximate surface area is 147 Å². The Balaban J connectivity index is 1.74. The fraction of sp³-hybridized carbons (Fsp3) is 0.900. The highest BCUT2D eigenvalue weighted by Gasteiger charge is 2.34. The monoisotopic (exact) mass is 337 g/mol. The van der Waals surface area contributed by atoms with Crippen LogP contribution in [0.25, 0.3) is 0 Å². The zero-order chi connectivity index (χ0) is 17.9. The highest BCUT2D eigenvalue weighted by Crippen LogP contribution is 2.38. The Kier molecular flexibility index (Phi) is 6.33. The molecule has 4 heteroatoms. The Morgan fingerprint density at radius 2 is 1.50 bits per heavy atom. The molecule has 1 saturated heterocycles. The smallest absolute Gasteiger partial charge is 0.309 e. The van der Waals surface area contributed by atoms with E-state index in [1.54, 1.807) is 0 Å². The second-order valence-electron chi connectivity index (χ2n) is 9.03. The second-order valence-corrected chi connectivity index (χ2v) is 9.03. The van der Waals surface area contributed by atoms with E-state index in [-0.39, 0.29) is 29.8 Å². The molecule has 1 amide bonds. The molecule has 2 rings (SSSR count). The van der Waals surface area contributed by atoms with Crippen LogP contribution in [0.4, 0.5) is 0 Å². The van der Waals surface area contributed by atoms with E-state index in [4.69, 9.17) is 4.74 Å². The molecule has 2 aliphatic rings. The van der Waals surface area contributed by atoms with Gasteiger partial charge in [0.15, 0.2) is 0 Å². The van der Waals surface area contributed by atoms with Crippen molar-refractivity contribution in [2.45, 2.75) is 79.2 Å². The first-order chi connectivity index (χ1) is 11.2. The maximum absolute atomic E-state index is 12.4. The normalized spacial score (nSPS) is 26.5. The largest absolute Gasteiger partial charge is 0.462 e. The first-order valence-electron chi connectivity index (χ1n) is 9.67. The molecule has 24 heavy (non-hydrogen) atoms. The molecule has 1 aliphatic carbocycles. The van der Waals surface area contributed by atoms with Crippen LogP contribution in [0.5, 0.6) is 0 Å². The summed E-state index contributed by atoms with van der Waals surface area (Å²) in [5, 5.41) is 0. The lowest BCUT2D eigenvalue weighted by atomic mass is 9.72. The number of rotatable bonds is 3. The van der Waals surface area contributed by atoms with Crippen molar-refractivity contribution in [1.29, 1.82) is 0 Å². The van der Waals surface area contributed by atoms with Crippen LogP contribution < -0.4 is 0 Å². The minimum Gasteiger partial charge on any atom is -0.462 e. The summed E-state index contributed by atoms with van der Waals surface area (Å²) in [6.07, 6.45) is 5.90. The van der Waals surface area contributed by atoms with E-state index >= 15 is 0 Å². The van der Waals surface area contributed by atoms with Crippen molar-refractivity contribution in [1.82, 2.24) is 4.90 Å². The van der Waals surface area contributed by atoms with Crippen molar-refractivity contribution in [3.05, 3.63) is 0 Å². The molecule has 0 aromatic carbocycles. The fourth-order valence-corrected chi connectivity index (χ4v) is 4.01. The highest BCUT2D eigenvalue weighted by atomic mass is 16.5. The van der Waals surface area contributed by atoms with Gasteiger partial charge in [-0.15, -0.1) is 0 Å². The molecule has 0 bridgehead atoms. The van der Waals surface area contributed by atoms with Crippen LogP contribution in [0.3, 0.4) is 0 Å². The van der Waals surface area contributed by atoms with Gasteiger partial charge in [-0.25, -0.2) is 0 Å². The van der Waals surface area contributed by atoms with Crippen LogP contribution in [0.2, 0.25) is 0 Å². The van der Waals surface area contributed by atoms with Gasteiger partial charge < -0.3 is 9.64 Å². The van der Waals surface area contributed by atoms with E-state index in [0.29, 0.717) is 18.5 Å². The van der Waals surface area contributed by atoms with Gasteiger partial charge in [0, 0.05) is 19.0 Å². The van der Waals surface area contributed by atoms with Crippen molar-refractivity contribution in [3.8, 4) is 0 Å². The average Bonchev–Trinajstić information content (AvgIpc) is 2.54. The van der Waals surface area contributed by atoms with Gasteiger partial charge in [-0.2, -0.15) is 0 Å². The SMILES string of the molecule is CC(C)C(=O)N1CCC(C(=O)OC2CCC(C(C)(C)C)CC2)CC1. The van der Waals surface area contributed by atoms with Gasteiger partial charge in [0.2, 0.25) is 5.91 Å². The van der Waals surface area contributed by atoms with Gasteiger partial charge >= 0.3 is 5.97 Å². The molecule has 0 spiro atoms. The predicted octanol–water partition coefficient (Wildman–Crippen LogP) is 4.03. The fourth-order valence-electron chi connectivity index (χ4n) is 4.01. The molecule has 0 radical (unpaired) electrons. The van der Waals surface area contributed by atoms with Crippen molar-refractivity contribution in [2.24, 2.45) is 23.2 Å². The Morgan fingerprint density at radius 3 is 1.96 bits per heavy atom. The summed E-state index contributed by atoms with van der Waals surface area (Å²) < 4.78 is 5.79. The number of piperidine rings is 1. The van der Waals surface area contributed by atoms with Gasteiger partial charge in [0.1, 0.15) is 6.10 Å². The molecule has 4 nitrogen and oxygen atoms in total. The minimum absolute atomic E-state index is 0.0263. The lowest BCUT2D eigenvalue weighted by Gasteiger charge is -2.37. The van der Waals surface area contributed by atoms with Gasteiger partial charge in [-0.1, -0.05) is 34.6 Å². The summed E-state index contributed by atoms with van der Waals surface area (Å²) in [6.45, 7) is 12.1. The average molecular weight is 338 g/mol. The standard InChI is InChI=1S/C20H35NO3/c1-14(2)18(22)21-12-10-15(11-13-21)19(23)24-17-8-6-16(7-9-17)20(3,4)5/h14-17H,6-13H2,1-5H3. The van der Waals surface area contributed by atoms with Gasteiger partial charge in [0.25, 0.3) is 0 Å². The molecule has 2 fully saturated rings. The van der Waals surface area contributed by atoms with Crippen molar-refractivity contribution in [2.75, 3.05) is 13.1 Å². The zero-order valence-electron chi connectivity index (χ0n) is 16.1. The summed E-state index contributed by atoms with van der Waals surface area (Å²) in [5.41, 5.74) is 0.352. The summed E-state index contributed by atoms with van der Waals surface area (Å²) in [5.74, 6) is 0.902. The van der Waals surface area contributed by atoms with Gasteiger partial charge in [-0.3, -0.25) is 9.59 Å². The quantitative estimate of drug-likeness (QED) is 0.731. The Morgan fingerprint density at radius 1 is 0.958 bits per heavy atom. The predicted molar refractivity (Wildman–Crippen MR) is 95.4 cm³/mol. The molecule has 0 N–H and O–H groups in total. The second kappa shape index (κ2) is 7.88. The van der Waals surface area contributed by atoms with Gasteiger partial charge in [0.05, 0.1) is 5.92 Å². The Hall–Kier alpha value is -1.06. The van der Waals surface area contributed by atoms with E-state index in [2.05, 4.69) is 20.8 Å². The molecule has 0 unspecified atom stereocenters. The van der Waals surface area contributed by atoms with E-state index in [0.717, 1.165) is 44.4 Å². The molecular weight excluding hydrogens is 302 g/mol. The molecular formula is C20H35NO3. The summed E-state index contributed by atoms with van der Waals surface area (Å²) >= 11 is 0. The number of hydrogen-bond donors (Lipinski definition) is 0. The molecule has 0 atom stereocenters. The van der Waals surface area contributed by atoms with Crippen LogP contribution >= 0.6 is 0 Å². The highest BCUT2D eigenvalue weighted by molar-refractivity contribution is 5.79. The third-order valence-electron chi connectivity index (χ3n) is 5.82. The molecule has 0 aromatic rings. The lowest BCUT2D eigenvalue weighted by Crippen LogP contribution is -2.43. The molecule has 138 valence electrons. The van der Waals surface area contributed by atoms with Crippen molar-refractivity contribution in [3.63, 3.8) is 0 Å². The zero-order valence-corrected chi connectivity index (χ0v) is 16.1. The minimum atomic E-state index is -0.0362. The molecule has 1 heterocycles. The van der Waals surface area contributed by atoms with E-state index in [1.807, 2.05) is 18.7 Å². The number of hydrogen-bond acceptors (Lipinski definition) is 3. The number of carbonyl (C=O) groups is 2. The van der Waals surface area contributed by atoms with Crippen LogP contribution in [0, 0.1) is 23.2 Å². The first-order valence-corrected chi connectivity index (χ1v) is 9.67. The van der Waals surface area contributed by atoms with Crippen LogP contribution in [0.15, 0.2) is 0 Å². The van der Waals surface area contributed by atoms with Crippen LogP contribution in [-0.4, -0.2) is 36.0 Å². The third-order valence-corrected chi connectivity index (χ3v) is 5.82. The first kappa shape index (κ1) is 19.3. The van der Waals surface area contributed by atoms with E-state index < -0.39 is 0 Å². The number of amides is 1. The summed E-state index contributed by atoms with van der Waals surface area (Å²) in [7, 11) is 0. The molecule has 1 saturated carbocycles. The van der Waals surface area contributed by atoms with E-state index in [1.165, 1.54) is 0 Å². The van der Waals surface area contributed by atoms with Crippen molar-refractivity contribution >= 4 is 11.9 Å². The lowest BCUT2D eigenvalue weighted by molar-refractivity contribution is -0.159. The maximum Gasteiger partial charge on any atom is 0.309 e. The number of likely N-dealkylation sites (tertiary alicyclic amines) is 1. The Bertz CT molecular complexity index is 436.